The molecule has 0 aliphatic rings. The number of benzene rings is 2. The number of aromatic nitrogens is 2. The summed E-state index contributed by atoms with van der Waals surface area (Å²) in [6, 6.07) is 5.59. The lowest BCUT2D eigenvalue weighted by Gasteiger charge is -2.17. The quantitative estimate of drug-likeness (QED) is 0.672. The Morgan fingerprint density at radius 1 is 1.23 bits per heavy atom. The molecule has 0 spiro atoms. The van der Waals surface area contributed by atoms with Crippen molar-refractivity contribution in [3.8, 4) is 5.69 Å². The van der Waals surface area contributed by atoms with E-state index < -0.39 is 29.2 Å². The maximum absolute atomic E-state index is 13.8. The largest absolute Gasteiger partial charge is 0.416 e. The van der Waals surface area contributed by atoms with E-state index in [1.165, 1.54) is 19.1 Å². The Balaban J connectivity index is 2.43. The van der Waals surface area contributed by atoms with Crippen LogP contribution in [0.4, 0.5) is 17.6 Å². The zero-order valence-electron chi connectivity index (χ0n) is 13.3. The molecule has 2 aromatic carbocycles. The molecule has 0 aliphatic carbocycles. The van der Waals surface area contributed by atoms with Crippen molar-refractivity contribution in [2.75, 3.05) is 0 Å². The van der Waals surface area contributed by atoms with Crippen molar-refractivity contribution < 1.29 is 17.6 Å². The lowest BCUT2D eigenvalue weighted by atomic mass is 10.1. The summed E-state index contributed by atoms with van der Waals surface area (Å²) < 4.78 is 53.7. The van der Waals surface area contributed by atoms with Crippen LogP contribution < -0.4 is 11.3 Å². The predicted molar refractivity (Wildman–Crippen MR) is 89.9 cm³/mol. The molecule has 0 saturated carbocycles. The predicted octanol–water partition coefficient (Wildman–Crippen LogP) is 4.22. The maximum atomic E-state index is 13.8. The fraction of sp³-hybridized carbons (Fsp3) is 0.176. The summed E-state index contributed by atoms with van der Waals surface area (Å²) in [5.41, 5.74) is 3.80. The third-order valence-corrected chi connectivity index (χ3v) is 4.06. The van der Waals surface area contributed by atoms with Gasteiger partial charge in [0.2, 0.25) is 0 Å². The molecule has 1 heterocycles. The summed E-state index contributed by atoms with van der Waals surface area (Å²) in [5, 5.41) is 0.0915. The van der Waals surface area contributed by atoms with Gasteiger partial charge in [-0.3, -0.25) is 9.36 Å². The fourth-order valence-electron chi connectivity index (χ4n) is 2.63. The monoisotopic (exact) mass is 385 g/mol. The van der Waals surface area contributed by atoms with Crippen LogP contribution in [0.25, 0.3) is 16.6 Å². The van der Waals surface area contributed by atoms with Gasteiger partial charge < -0.3 is 5.73 Å². The molecular formula is C17H12ClF4N3O. The molecule has 4 nitrogen and oxygen atoms in total. The number of fused-ring (bicyclic) bond motifs is 1. The summed E-state index contributed by atoms with van der Waals surface area (Å²) in [6.45, 7) is 1.51. The van der Waals surface area contributed by atoms with Crippen molar-refractivity contribution in [3.63, 3.8) is 0 Å². The molecular weight excluding hydrogens is 374 g/mol. The lowest BCUT2D eigenvalue weighted by Crippen LogP contribution is -2.28. The van der Waals surface area contributed by atoms with Gasteiger partial charge in [-0.15, -0.1) is 0 Å². The van der Waals surface area contributed by atoms with Crippen molar-refractivity contribution >= 4 is 22.5 Å². The first-order chi connectivity index (χ1) is 12.1. The van der Waals surface area contributed by atoms with E-state index in [0.29, 0.717) is 12.1 Å². The number of hydrogen-bond acceptors (Lipinski definition) is 3. The first-order valence-electron chi connectivity index (χ1n) is 7.44. The molecule has 1 atom stereocenters. The van der Waals surface area contributed by atoms with Gasteiger partial charge in [0.05, 0.1) is 33.2 Å². The molecule has 26 heavy (non-hydrogen) atoms. The standard InChI is InChI=1S/C17H12ClF4N3O/c1-8(23)15-24-13-4-2-3-12(18)14(13)16(26)25(15)11-6-9(17(20,21)22)5-10(19)7-11/h2-8H,23H2,1H3/t8-/m0/s1. The Kier molecular flexibility index (Phi) is 4.49. The third kappa shape index (κ3) is 3.17. The second-order valence-electron chi connectivity index (χ2n) is 5.73. The van der Waals surface area contributed by atoms with E-state index in [-0.39, 0.29) is 27.4 Å². The molecule has 0 amide bonds. The van der Waals surface area contributed by atoms with Crippen LogP contribution in [0.2, 0.25) is 5.02 Å². The average Bonchev–Trinajstić information content (AvgIpc) is 2.53. The van der Waals surface area contributed by atoms with Crippen LogP contribution in [0.1, 0.15) is 24.4 Å². The van der Waals surface area contributed by atoms with E-state index in [1.807, 2.05) is 0 Å². The number of hydrogen-bond donors (Lipinski definition) is 1. The molecule has 0 aliphatic heterocycles. The van der Waals surface area contributed by atoms with Gasteiger partial charge in [0.15, 0.2) is 0 Å². The molecule has 1 aromatic heterocycles. The summed E-state index contributed by atoms with van der Waals surface area (Å²) in [4.78, 5) is 17.2. The van der Waals surface area contributed by atoms with E-state index in [9.17, 15) is 22.4 Å². The zero-order chi connectivity index (χ0) is 19.2. The number of halogens is 5. The molecule has 0 bridgehead atoms. The number of alkyl halides is 3. The minimum Gasteiger partial charge on any atom is -0.322 e. The highest BCUT2D eigenvalue weighted by Crippen LogP contribution is 2.32. The molecule has 3 aromatic rings. The Morgan fingerprint density at radius 2 is 1.92 bits per heavy atom. The van der Waals surface area contributed by atoms with Crippen molar-refractivity contribution in [3.05, 3.63) is 69.0 Å². The van der Waals surface area contributed by atoms with Gasteiger partial charge in [0.25, 0.3) is 5.56 Å². The molecule has 3 rings (SSSR count). The second-order valence-corrected chi connectivity index (χ2v) is 6.14. The molecule has 2 N–H and O–H groups in total. The van der Waals surface area contributed by atoms with Crippen LogP contribution in [0.15, 0.2) is 41.2 Å². The van der Waals surface area contributed by atoms with Gasteiger partial charge in [0, 0.05) is 0 Å². The van der Waals surface area contributed by atoms with Gasteiger partial charge in [-0.1, -0.05) is 17.7 Å². The molecule has 0 radical (unpaired) electrons. The Hall–Kier alpha value is -2.45. The smallest absolute Gasteiger partial charge is 0.322 e. The normalized spacial score (nSPS) is 13.2. The summed E-state index contributed by atoms with van der Waals surface area (Å²) in [6.07, 6.45) is -4.78. The van der Waals surface area contributed by atoms with E-state index in [1.54, 1.807) is 6.07 Å². The molecule has 9 heteroatoms. The van der Waals surface area contributed by atoms with Crippen LogP contribution in [-0.2, 0) is 6.18 Å². The molecule has 136 valence electrons. The Labute approximate surface area is 149 Å². The highest BCUT2D eigenvalue weighted by Gasteiger charge is 2.32. The second kappa shape index (κ2) is 6.37. The molecule has 0 fully saturated rings. The molecule has 0 unspecified atom stereocenters. The average molecular weight is 386 g/mol. The zero-order valence-corrected chi connectivity index (χ0v) is 14.1. The number of nitrogens with two attached hydrogens (primary N) is 1. The summed E-state index contributed by atoms with van der Waals surface area (Å²) in [7, 11) is 0. The van der Waals surface area contributed by atoms with E-state index in [4.69, 9.17) is 17.3 Å². The van der Waals surface area contributed by atoms with Crippen molar-refractivity contribution in [2.24, 2.45) is 5.73 Å². The molecule has 0 saturated heterocycles. The Morgan fingerprint density at radius 3 is 2.54 bits per heavy atom. The van der Waals surface area contributed by atoms with Gasteiger partial charge >= 0.3 is 6.18 Å². The van der Waals surface area contributed by atoms with Crippen LogP contribution in [0.3, 0.4) is 0 Å². The van der Waals surface area contributed by atoms with Crippen molar-refractivity contribution in [2.45, 2.75) is 19.1 Å². The first-order valence-corrected chi connectivity index (χ1v) is 7.82. The summed E-state index contributed by atoms with van der Waals surface area (Å²) >= 11 is 6.05. The highest BCUT2D eigenvalue weighted by atomic mass is 35.5. The van der Waals surface area contributed by atoms with E-state index >= 15 is 0 Å². The van der Waals surface area contributed by atoms with Gasteiger partial charge in [-0.05, 0) is 37.3 Å². The van der Waals surface area contributed by atoms with Crippen LogP contribution >= 0.6 is 11.6 Å². The Bertz CT molecular complexity index is 1060. The van der Waals surface area contributed by atoms with E-state index in [0.717, 1.165) is 10.6 Å². The maximum Gasteiger partial charge on any atom is 0.416 e. The van der Waals surface area contributed by atoms with E-state index in [2.05, 4.69) is 4.98 Å². The van der Waals surface area contributed by atoms with Crippen molar-refractivity contribution in [1.29, 1.82) is 0 Å². The van der Waals surface area contributed by atoms with Crippen LogP contribution in [0.5, 0.6) is 0 Å². The van der Waals surface area contributed by atoms with Crippen LogP contribution in [0, 0.1) is 5.82 Å². The first kappa shape index (κ1) is 18.3. The third-order valence-electron chi connectivity index (χ3n) is 3.75. The lowest BCUT2D eigenvalue weighted by molar-refractivity contribution is -0.137. The van der Waals surface area contributed by atoms with Crippen LogP contribution in [-0.4, -0.2) is 9.55 Å². The fourth-order valence-corrected chi connectivity index (χ4v) is 2.88. The van der Waals surface area contributed by atoms with Crippen molar-refractivity contribution in [1.82, 2.24) is 9.55 Å². The highest BCUT2D eigenvalue weighted by molar-refractivity contribution is 6.35. The van der Waals surface area contributed by atoms with Gasteiger partial charge in [0.1, 0.15) is 11.6 Å². The number of nitrogens with zero attached hydrogens (tertiary/aromatic N) is 2. The minimum absolute atomic E-state index is 0.0105. The summed E-state index contributed by atoms with van der Waals surface area (Å²) in [5.74, 6) is -1.15. The number of rotatable bonds is 2. The topological polar surface area (TPSA) is 60.9 Å². The SMILES string of the molecule is C[C@H](N)c1nc2cccc(Cl)c2c(=O)n1-c1cc(F)cc(C(F)(F)F)c1. The minimum atomic E-state index is -4.78. The van der Waals surface area contributed by atoms with Gasteiger partial charge in [-0.2, -0.15) is 13.2 Å². The van der Waals surface area contributed by atoms with Gasteiger partial charge in [-0.25, -0.2) is 9.37 Å².